The van der Waals surface area contributed by atoms with Crippen molar-refractivity contribution in [2.75, 3.05) is 19.0 Å². The molecule has 2 atom stereocenters. The molecule has 0 saturated heterocycles. The van der Waals surface area contributed by atoms with Crippen molar-refractivity contribution in [2.45, 2.75) is 44.8 Å². The van der Waals surface area contributed by atoms with Gasteiger partial charge in [-0.15, -0.1) is 0 Å². The second-order valence-electron chi connectivity index (χ2n) is 5.81. The highest BCUT2D eigenvalue weighted by Gasteiger charge is 2.58. The molecule has 0 aromatic heterocycles. The minimum absolute atomic E-state index is 0.364. The molecule has 0 bridgehead atoms. The molecule has 3 nitrogen and oxygen atoms in total. The van der Waals surface area contributed by atoms with E-state index in [1.165, 1.54) is 19.3 Å². The summed E-state index contributed by atoms with van der Waals surface area (Å²) in [4.78, 5) is 0. The fourth-order valence-electron chi connectivity index (χ4n) is 3.59. The van der Waals surface area contributed by atoms with Gasteiger partial charge in [0.25, 0.3) is 0 Å². The van der Waals surface area contributed by atoms with Crippen LogP contribution >= 0.6 is 11.6 Å². The van der Waals surface area contributed by atoms with Gasteiger partial charge in [-0.2, -0.15) is 0 Å². The molecule has 2 aliphatic rings. The highest BCUT2D eigenvalue weighted by atomic mass is 35.5. The lowest BCUT2D eigenvalue weighted by Crippen LogP contribution is -2.64. The smallest absolute Gasteiger partial charge is 0.139 e. The van der Waals surface area contributed by atoms with Crippen molar-refractivity contribution < 1.29 is 9.47 Å². The van der Waals surface area contributed by atoms with Crippen LogP contribution in [0.25, 0.3) is 0 Å². The molecule has 1 aromatic carbocycles. The van der Waals surface area contributed by atoms with E-state index in [2.05, 4.69) is 12.2 Å². The van der Waals surface area contributed by atoms with Crippen molar-refractivity contribution >= 4 is 17.3 Å². The van der Waals surface area contributed by atoms with Gasteiger partial charge in [-0.05, 0) is 38.3 Å². The average molecular weight is 296 g/mol. The Morgan fingerprint density at radius 2 is 2.20 bits per heavy atom. The number of nitrogens with one attached hydrogen (secondary N) is 1. The number of rotatable bonds is 5. The van der Waals surface area contributed by atoms with Gasteiger partial charge in [0.05, 0.1) is 18.2 Å². The molecule has 0 heterocycles. The van der Waals surface area contributed by atoms with Crippen LogP contribution in [0.5, 0.6) is 5.75 Å². The summed E-state index contributed by atoms with van der Waals surface area (Å²) in [6.07, 6.45) is 5.41. The molecule has 2 saturated carbocycles. The molecule has 4 heteroatoms. The Labute approximate surface area is 125 Å². The minimum atomic E-state index is 0.364. The first-order chi connectivity index (χ1) is 9.69. The number of benzene rings is 1. The zero-order valence-corrected chi connectivity index (χ0v) is 12.9. The topological polar surface area (TPSA) is 30.5 Å². The van der Waals surface area contributed by atoms with Crippen molar-refractivity contribution in [3.63, 3.8) is 0 Å². The molecule has 2 aliphatic carbocycles. The van der Waals surface area contributed by atoms with E-state index >= 15 is 0 Å². The van der Waals surface area contributed by atoms with Crippen LogP contribution in [-0.2, 0) is 4.74 Å². The predicted molar refractivity (Wildman–Crippen MR) is 81.7 cm³/mol. The first-order valence-corrected chi connectivity index (χ1v) is 7.79. The molecule has 2 fully saturated rings. The lowest BCUT2D eigenvalue weighted by molar-refractivity contribution is -0.157. The number of halogens is 1. The largest absolute Gasteiger partial charge is 0.495 e. The molecule has 20 heavy (non-hydrogen) atoms. The Morgan fingerprint density at radius 1 is 1.40 bits per heavy atom. The second-order valence-corrected chi connectivity index (χ2v) is 6.22. The van der Waals surface area contributed by atoms with E-state index in [1.807, 2.05) is 18.2 Å². The maximum absolute atomic E-state index is 6.07. The van der Waals surface area contributed by atoms with E-state index in [1.54, 1.807) is 7.11 Å². The summed E-state index contributed by atoms with van der Waals surface area (Å²) in [5.74, 6) is 0.722. The Balaban J connectivity index is 1.70. The third kappa shape index (κ3) is 2.17. The molecule has 110 valence electrons. The molecule has 1 N–H and O–H groups in total. The summed E-state index contributed by atoms with van der Waals surface area (Å²) in [5.41, 5.74) is 1.44. The van der Waals surface area contributed by atoms with Gasteiger partial charge in [-0.25, -0.2) is 0 Å². The Bertz CT molecular complexity index is 487. The van der Waals surface area contributed by atoms with E-state index in [0.717, 1.165) is 24.5 Å². The summed E-state index contributed by atoms with van der Waals surface area (Å²) in [6.45, 7) is 2.89. The highest BCUT2D eigenvalue weighted by molar-refractivity contribution is 6.32. The summed E-state index contributed by atoms with van der Waals surface area (Å²) < 4.78 is 11.2. The van der Waals surface area contributed by atoms with E-state index < -0.39 is 0 Å². The van der Waals surface area contributed by atoms with Crippen molar-refractivity contribution in [3.05, 3.63) is 23.2 Å². The maximum atomic E-state index is 6.07. The van der Waals surface area contributed by atoms with Crippen LogP contribution in [-0.4, -0.2) is 25.9 Å². The van der Waals surface area contributed by atoms with Crippen molar-refractivity contribution in [1.29, 1.82) is 0 Å². The van der Waals surface area contributed by atoms with Gasteiger partial charge in [0, 0.05) is 29.8 Å². The first-order valence-electron chi connectivity index (χ1n) is 7.41. The van der Waals surface area contributed by atoms with Crippen LogP contribution in [0.1, 0.15) is 32.6 Å². The zero-order valence-electron chi connectivity index (χ0n) is 12.1. The third-order valence-corrected chi connectivity index (χ3v) is 5.24. The number of hydrogen-bond donors (Lipinski definition) is 1. The third-order valence-electron chi connectivity index (χ3n) is 4.93. The molecule has 3 rings (SSSR count). The van der Waals surface area contributed by atoms with Gasteiger partial charge in [-0.3, -0.25) is 0 Å². The second kappa shape index (κ2) is 5.45. The van der Waals surface area contributed by atoms with Crippen LogP contribution in [0.4, 0.5) is 5.69 Å². The molecule has 0 radical (unpaired) electrons. The lowest BCUT2D eigenvalue weighted by Gasteiger charge is -2.61. The fourth-order valence-corrected chi connectivity index (χ4v) is 3.79. The minimum Gasteiger partial charge on any atom is -0.495 e. The van der Waals surface area contributed by atoms with Gasteiger partial charge in [0.1, 0.15) is 5.75 Å². The van der Waals surface area contributed by atoms with Crippen LogP contribution in [0.15, 0.2) is 18.2 Å². The number of hydrogen-bond acceptors (Lipinski definition) is 3. The van der Waals surface area contributed by atoms with Crippen LogP contribution in [0.2, 0.25) is 5.02 Å². The molecule has 1 spiro atoms. The van der Waals surface area contributed by atoms with Crippen LogP contribution < -0.4 is 10.1 Å². The summed E-state index contributed by atoms with van der Waals surface area (Å²) in [5, 5.41) is 4.29. The van der Waals surface area contributed by atoms with Crippen molar-refractivity contribution in [3.8, 4) is 5.75 Å². The molecular formula is C16H22ClNO2. The molecule has 2 unspecified atom stereocenters. The van der Waals surface area contributed by atoms with Gasteiger partial charge in [0.15, 0.2) is 0 Å². The highest BCUT2D eigenvalue weighted by Crippen LogP contribution is 2.58. The van der Waals surface area contributed by atoms with Crippen molar-refractivity contribution in [1.82, 2.24) is 0 Å². The first kappa shape index (κ1) is 14.0. The Kier molecular flexibility index (Phi) is 3.83. The Morgan fingerprint density at radius 3 is 2.80 bits per heavy atom. The molecule has 1 aromatic rings. The Hall–Kier alpha value is -0.930. The number of anilines is 1. The average Bonchev–Trinajstić information content (AvgIpc) is 2.37. The number of methoxy groups -OCH3 is 1. The van der Waals surface area contributed by atoms with E-state index in [4.69, 9.17) is 21.1 Å². The maximum Gasteiger partial charge on any atom is 0.139 e. The zero-order chi connectivity index (χ0) is 14.2. The van der Waals surface area contributed by atoms with E-state index in [0.29, 0.717) is 22.6 Å². The van der Waals surface area contributed by atoms with Crippen molar-refractivity contribution in [2.24, 2.45) is 5.41 Å². The van der Waals surface area contributed by atoms with E-state index in [9.17, 15) is 0 Å². The van der Waals surface area contributed by atoms with Gasteiger partial charge in [0.2, 0.25) is 0 Å². The van der Waals surface area contributed by atoms with Gasteiger partial charge in [-0.1, -0.05) is 18.0 Å². The monoisotopic (exact) mass is 295 g/mol. The fraction of sp³-hybridized carbons (Fsp3) is 0.625. The quantitative estimate of drug-likeness (QED) is 0.887. The molecular weight excluding hydrogens is 274 g/mol. The SMILES string of the molecule is CCOC1CC(Nc2ccc(Cl)c(OC)c2)C12CCC2. The van der Waals surface area contributed by atoms with Crippen LogP contribution in [0, 0.1) is 5.41 Å². The van der Waals surface area contributed by atoms with Gasteiger partial charge < -0.3 is 14.8 Å². The summed E-state index contributed by atoms with van der Waals surface area (Å²) in [6, 6.07) is 6.39. The standard InChI is InChI=1S/C16H22ClNO2/c1-3-20-15-10-14(16(15)7-4-8-16)18-11-5-6-12(17)13(9-11)19-2/h5-6,9,14-15,18H,3-4,7-8,10H2,1-2H3. The van der Waals surface area contributed by atoms with Crippen LogP contribution in [0.3, 0.4) is 0 Å². The number of ether oxygens (including phenoxy) is 2. The lowest BCUT2D eigenvalue weighted by atomic mass is 9.51. The normalized spacial score (nSPS) is 26.8. The summed E-state index contributed by atoms with van der Waals surface area (Å²) in [7, 11) is 1.65. The predicted octanol–water partition coefficient (Wildman–Crippen LogP) is 4.11. The summed E-state index contributed by atoms with van der Waals surface area (Å²) >= 11 is 6.07. The molecule has 0 aliphatic heterocycles. The van der Waals surface area contributed by atoms with Gasteiger partial charge >= 0.3 is 0 Å². The molecule has 0 amide bonds. The van der Waals surface area contributed by atoms with E-state index in [-0.39, 0.29) is 0 Å².